The van der Waals surface area contributed by atoms with Crippen molar-refractivity contribution in [1.82, 2.24) is 4.90 Å². The molecular weight excluding hydrogens is 128 g/mol. The summed E-state index contributed by atoms with van der Waals surface area (Å²) in [6.45, 7) is 0.921. The molecule has 1 rings (SSSR count). The summed E-state index contributed by atoms with van der Waals surface area (Å²) in [5.74, 6) is -0.263. The van der Waals surface area contributed by atoms with Gasteiger partial charge in [-0.1, -0.05) is 6.08 Å². The van der Waals surface area contributed by atoms with E-state index in [4.69, 9.17) is 5.73 Å². The quantitative estimate of drug-likeness (QED) is 0.554. The molecule has 0 aliphatic carbocycles. The van der Waals surface area contributed by atoms with Gasteiger partial charge in [0.25, 0.3) is 0 Å². The van der Waals surface area contributed by atoms with Crippen LogP contribution < -0.4 is 5.73 Å². The molecule has 0 bridgehead atoms. The van der Waals surface area contributed by atoms with Gasteiger partial charge in [-0.05, 0) is 12.6 Å². The van der Waals surface area contributed by atoms with E-state index < -0.39 is 0 Å². The maximum Gasteiger partial charge on any atom is 0.224 e. The molecule has 0 radical (unpaired) electrons. The molecule has 0 aromatic heterocycles. The number of carbonyl (C=O) groups is 1. The van der Waals surface area contributed by atoms with Crippen LogP contribution in [0.1, 0.15) is 6.42 Å². The Morgan fingerprint density at radius 2 is 2.50 bits per heavy atom. The molecule has 0 fully saturated rings. The first-order chi connectivity index (χ1) is 4.70. The fraction of sp³-hybridized carbons (Fsp3) is 0.571. The molecule has 1 amide bonds. The summed E-state index contributed by atoms with van der Waals surface area (Å²) in [6, 6.07) is 0. The SMILES string of the molecule is CN1C=CC(C(N)=O)CC1. The molecule has 0 saturated heterocycles. The zero-order valence-electron chi connectivity index (χ0n) is 6.08. The van der Waals surface area contributed by atoms with E-state index in [9.17, 15) is 4.79 Å². The van der Waals surface area contributed by atoms with Gasteiger partial charge in [0.15, 0.2) is 0 Å². The highest BCUT2D eigenvalue weighted by Gasteiger charge is 2.14. The summed E-state index contributed by atoms with van der Waals surface area (Å²) in [6.07, 6.45) is 4.60. The van der Waals surface area contributed by atoms with Gasteiger partial charge in [-0.2, -0.15) is 0 Å². The second-order valence-electron chi connectivity index (χ2n) is 2.62. The first kappa shape index (κ1) is 7.12. The molecule has 0 saturated carbocycles. The fourth-order valence-corrected chi connectivity index (χ4v) is 1.00. The van der Waals surface area contributed by atoms with Gasteiger partial charge >= 0.3 is 0 Å². The van der Waals surface area contributed by atoms with Crippen LogP contribution in [-0.4, -0.2) is 24.4 Å². The Morgan fingerprint density at radius 1 is 1.80 bits per heavy atom. The van der Waals surface area contributed by atoms with Crippen molar-refractivity contribution >= 4 is 5.91 Å². The van der Waals surface area contributed by atoms with Crippen molar-refractivity contribution in [3.63, 3.8) is 0 Å². The molecule has 3 heteroatoms. The third-order valence-electron chi connectivity index (χ3n) is 1.73. The molecule has 10 heavy (non-hydrogen) atoms. The molecule has 2 N–H and O–H groups in total. The Labute approximate surface area is 60.5 Å². The van der Waals surface area contributed by atoms with Crippen LogP contribution in [0.15, 0.2) is 12.3 Å². The topological polar surface area (TPSA) is 46.3 Å². The summed E-state index contributed by atoms with van der Waals surface area (Å²) in [7, 11) is 1.98. The number of nitrogens with zero attached hydrogens (tertiary/aromatic N) is 1. The zero-order chi connectivity index (χ0) is 7.56. The summed E-state index contributed by atoms with van der Waals surface area (Å²) in [5, 5.41) is 0. The number of hydrogen-bond donors (Lipinski definition) is 1. The Bertz CT molecular complexity index is 165. The van der Waals surface area contributed by atoms with E-state index in [0.29, 0.717) is 0 Å². The van der Waals surface area contributed by atoms with E-state index in [1.54, 1.807) is 0 Å². The normalized spacial score (nSPS) is 24.9. The summed E-state index contributed by atoms with van der Waals surface area (Å²) >= 11 is 0. The lowest BCUT2D eigenvalue weighted by Gasteiger charge is -2.21. The number of primary amides is 1. The van der Waals surface area contributed by atoms with Gasteiger partial charge in [-0.15, -0.1) is 0 Å². The Kier molecular flexibility index (Phi) is 1.94. The van der Waals surface area contributed by atoms with Crippen LogP contribution >= 0.6 is 0 Å². The maximum atomic E-state index is 10.6. The van der Waals surface area contributed by atoms with E-state index >= 15 is 0 Å². The largest absolute Gasteiger partial charge is 0.381 e. The summed E-state index contributed by atoms with van der Waals surface area (Å²) in [4.78, 5) is 12.7. The average molecular weight is 140 g/mol. The Hall–Kier alpha value is -0.990. The molecule has 56 valence electrons. The van der Waals surface area contributed by atoms with Crippen molar-refractivity contribution < 1.29 is 4.79 Å². The maximum absolute atomic E-state index is 10.6. The molecule has 0 spiro atoms. The molecule has 1 heterocycles. The number of rotatable bonds is 1. The smallest absolute Gasteiger partial charge is 0.224 e. The van der Waals surface area contributed by atoms with E-state index in [0.717, 1.165) is 13.0 Å². The third kappa shape index (κ3) is 1.50. The van der Waals surface area contributed by atoms with Crippen LogP contribution in [-0.2, 0) is 4.79 Å². The van der Waals surface area contributed by atoms with Gasteiger partial charge in [-0.25, -0.2) is 0 Å². The third-order valence-corrected chi connectivity index (χ3v) is 1.73. The van der Waals surface area contributed by atoms with Gasteiger partial charge in [0.1, 0.15) is 0 Å². The Morgan fingerprint density at radius 3 is 2.90 bits per heavy atom. The highest BCUT2D eigenvalue weighted by molar-refractivity contribution is 5.78. The lowest BCUT2D eigenvalue weighted by Crippen LogP contribution is -2.29. The minimum Gasteiger partial charge on any atom is -0.381 e. The van der Waals surface area contributed by atoms with E-state index in [1.807, 2.05) is 24.2 Å². The number of hydrogen-bond acceptors (Lipinski definition) is 2. The van der Waals surface area contributed by atoms with Gasteiger partial charge in [-0.3, -0.25) is 4.79 Å². The summed E-state index contributed by atoms with van der Waals surface area (Å²) in [5.41, 5.74) is 5.10. The van der Waals surface area contributed by atoms with Crippen molar-refractivity contribution in [1.29, 1.82) is 0 Å². The predicted octanol–water partition coefficient (Wildman–Crippen LogP) is -0.0629. The van der Waals surface area contributed by atoms with Crippen LogP contribution in [0.2, 0.25) is 0 Å². The number of carbonyl (C=O) groups excluding carboxylic acids is 1. The molecule has 1 aliphatic rings. The second kappa shape index (κ2) is 2.73. The minimum atomic E-state index is -0.218. The molecule has 1 aliphatic heterocycles. The molecule has 1 unspecified atom stereocenters. The lowest BCUT2D eigenvalue weighted by atomic mass is 10.0. The molecule has 1 atom stereocenters. The highest BCUT2D eigenvalue weighted by atomic mass is 16.1. The van der Waals surface area contributed by atoms with Crippen LogP contribution in [0.4, 0.5) is 0 Å². The molecule has 3 nitrogen and oxygen atoms in total. The van der Waals surface area contributed by atoms with Gasteiger partial charge in [0.05, 0.1) is 5.92 Å². The number of amides is 1. The second-order valence-corrected chi connectivity index (χ2v) is 2.62. The van der Waals surface area contributed by atoms with E-state index in [-0.39, 0.29) is 11.8 Å². The van der Waals surface area contributed by atoms with E-state index in [1.165, 1.54) is 0 Å². The number of nitrogens with two attached hydrogens (primary N) is 1. The minimum absolute atomic E-state index is 0.0452. The van der Waals surface area contributed by atoms with E-state index in [2.05, 4.69) is 0 Å². The van der Waals surface area contributed by atoms with Crippen molar-refractivity contribution in [2.24, 2.45) is 11.7 Å². The van der Waals surface area contributed by atoms with Crippen LogP contribution in [0.3, 0.4) is 0 Å². The average Bonchev–Trinajstić information content (AvgIpc) is 1.88. The summed E-state index contributed by atoms with van der Waals surface area (Å²) < 4.78 is 0. The lowest BCUT2D eigenvalue weighted by molar-refractivity contribution is -0.120. The van der Waals surface area contributed by atoms with Crippen molar-refractivity contribution in [3.8, 4) is 0 Å². The highest BCUT2D eigenvalue weighted by Crippen LogP contribution is 2.10. The van der Waals surface area contributed by atoms with Gasteiger partial charge in [0.2, 0.25) is 5.91 Å². The zero-order valence-corrected chi connectivity index (χ0v) is 6.08. The van der Waals surface area contributed by atoms with Crippen LogP contribution in [0.25, 0.3) is 0 Å². The standard InChI is InChI=1S/C7H12N2O/c1-9-4-2-6(3-5-9)7(8)10/h2,4,6H,3,5H2,1H3,(H2,8,10). The van der Waals surface area contributed by atoms with Crippen molar-refractivity contribution in [3.05, 3.63) is 12.3 Å². The Balaban J connectivity index is 2.53. The van der Waals surface area contributed by atoms with Crippen molar-refractivity contribution in [2.45, 2.75) is 6.42 Å². The monoisotopic (exact) mass is 140 g/mol. The van der Waals surface area contributed by atoms with Crippen molar-refractivity contribution in [2.75, 3.05) is 13.6 Å². The molecular formula is C7H12N2O. The van der Waals surface area contributed by atoms with Gasteiger partial charge < -0.3 is 10.6 Å². The van der Waals surface area contributed by atoms with Crippen LogP contribution in [0, 0.1) is 5.92 Å². The first-order valence-corrected chi connectivity index (χ1v) is 3.38. The molecule has 0 aromatic carbocycles. The van der Waals surface area contributed by atoms with Crippen LogP contribution in [0.5, 0.6) is 0 Å². The predicted molar refractivity (Wildman–Crippen MR) is 39.1 cm³/mol. The van der Waals surface area contributed by atoms with Gasteiger partial charge in [0, 0.05) is 13.6 Å². The molecule has 0 aromatic rings. The fourth-order valence-electron chi connectivity index (χ4n) is 1.00. The first-order valence-electron chi connectivity index (χ1n) is 3.38.